The number of fused-ring (bicyclic) bond motifs is 1. The molecule has 0 radical (unpaired) electrons. The molecule has 1 heterocycles. The molecule has 6 heteroatoms. The molecule has 0 unspecified atom stereocenters. The van der Waals surface area contributed by atoms with Gasteiger partial charge in [0, 0.05) is 23.0 Å². The van der Waals surface area contributed by atoms with Gasteiger partial charge in [-0.1, -0.05) is 0 Å². The van der Waals surface area contributed by atoms with E-state index in [0.29, 0.717) is 22.3 Å². The number of nitrogens with one attached hydrogen (secondary N) is 1. The summed E-state index contributed by atoms with van der Waals surface area (Å²) in [5.41, 5.74) is 0.754. The van der Waals surface area contributed by atoms with Crippen molar-refractivity contribution in [1.29, 1.82) is 0 Å². The number of nitrogens with zero attached hydrogens (tertiary/aromatic N) is 1. The molecule has 3 rings (SSSR count). The summed E-state index contributed by atoms with van der Waals surface area (Å²) >= 11 is 0. The third-order valence-corrected chi connectivity index (χ3v) is 3.19. The molecule has 2 nitrogen and oxygen atoms in total. The van der Waals surface area contributed by atoms with Gasteiger partial charge < -0.3 is 5.32 Å². The van der Waals surface area contributed by atoms with Gasteiger partial charge in [-0.2, -0.15) is 13.2 Å². The zero-order valence-electron chi connectivity index (χ0n) is 11.2. The molecule has 0 bridgehead atoms. The first-order valence-corrected chi connectivity index (χ1v) is 6.42. The maximum Gasteiger partial charge on any atom is 0.416 e. The molecule has 0 fully saturated rings. The minimum absolute atomic E-state index is 0.349. The zero-order chi connectivity index (χ0) is 15.7. The summed E-state index contributed by atoms with van der Waals surface area (Å²) in [5, 5.41) is 3.33. The summed E-state index contributed by atoms with van der Waals surface area (Å²) in [5.74, 6) is -0.385. The Morgan fingerprint density at radius 1 is 0.909 bits per heavy atom. The van der Waals surface area contributed by atoms with Gasteiger partial charge in [-0.05, 0) is 48.5 Å². The number of anilines is 2. The van der Waals surface area contributed by atoms with Crippen molar-refractivity contribution in [1.82, 2.24) is 4.98 Å². The van der Waals surface area contributed by atoms with Crippen molar-refractivity contribution >= 4 is 22.3 Å². The van der Waals surface area contributed by atoms with Crippen LogP contribution < -0.4 is 5.32 Å². The quantitative estimate of drug-likeness (QED) is 0.663. The number of rotatable bonds is 2. The molecule has 0 amide bonds. The first-order valence-electron chi connectivity index (χ1n) is 6.42. The summed E-state index contributed by atoms with van der Waals surface area (Å²) < 4.78 is 51.4. The Labute approximate surface area is 123 Å². The first-order chi connectivity index (χ1) is 10.4. The summed E-state index contributed by atoms with van der Waals surface area (Å²) in [6, 6.07) is 10.5. The number of benzene rings is 2. The summed E-state index contributed by atoms with van der Waals surface area (Å²) in [6.07, 6.45) is -2.92. The monoisotopic (exact) mass is 306 g/mol. The molecule has 22 heavy (non-hydrogen) atoms. The van der Waals surface area contributed by atoms with Crippen LogP contribution in [0.3, 0.4) is 0 Å². The Hall–Kier alpha value is -2.63. The van der Waals surface area contributed by atoms with Crippen LogP contribution in [0.15, 0.2) is 54.7 Å². The van der Waals surface area contributed by atoms with Gasteiger partial charge in [0.2, 0.25) is 0 Å². The Balaban J connectivity index is 2.06. The van der Waals surface area contributed by atoms with E-state index in [9.17, 15) is 17.6 Å². The molecule has 1 aromatic heterocycles. The van der Waals surface area contributed by atoms with E-state index in [0.717, 1.165) is 12.1 Å². The lowest BCUT2D eigenvalue weighted by Gasteiger charge is -2.12. The number of hydrogen-bond donors (Lipinski definition) is 1. The predicted molar refractivity (Wildman–Crippen MR) is 76.4 cm³/mol. The maximum atomic E-state index is 12.9. The molecule has 0 aliphatic heterocycles. The highest BCUT2D eigenvalue weighted by molar-refractivity contribution is 5.93. The van der Waals surface area contributed by atoms with Gasteiger partial charge in [0.1, 0.15) is 5.82 Å². The fourth-order valence-electron chi connectivity index (χ4n) is 2.12. The minimum atomic E-state index is -4.42. The van der Waals surface area contributed by atoms with Crippen molar-refractivity contribution in [3.05, 3.63) is 66.1 Å². The van der Waals surface area contributed by atoms with Crippen molar-refractivity contribution in [3.63, 3.8) is 0 Å². The van der Waals surface area contributed by atoms with Gasteiger partial charge >= 0.3 is 6.18 Å². The predicted octanol–water partition coefficient (Wildman–Crippen LogP) is 5.14. The highest BCUT2D eigenvalue weighted by atomic mass is 19.4. The molecular weight excluding hydrogens is 296 g/mol. The second-order valence-electron chi connectivity index (χ2n) is 4.72. The molecule has 0 saturated carbocycles. The lowest BCUT2D eigenvalue weighted by atomic mass is 10.1. The van der Waals surface area contributed by atoms with E-state index in [1.807, 2.05) is 0 Å². The molecule has 0 aliphatic carbocycles. The Morgan fingerprint density at radius 2 is 1.64 bits per heavy atom. The fourth-order valence-corrected chi connectivity index (χ4v) is 2.12. The number of aromatic nitrogens is 1. The molecule has 3 aromatic rings. The van der Waals surface area contributed by atoms with Crippen LogP contribution in [0.4, 0.5) is 28.9 Å². The molecule has 0 atom stereocenters. The minimum Gasteiger partial charge on any atom is -0.355 e. The maximum absolute atomic E-state index is 12.9. The van der Waals surface area contributed by atoms with Gasteiger partial charge in [0.05, 0.1) is 11.1 Å². The number of hydrogen-bond acceptors (Lipinski definition) is 2. The van der Waals surface area contributed by atoms with Crippen molar-refractivity contribution in [3.8, 4) is 0 Å². The normalized spacial score (nSPS) is 11.6. The van der Waals surface area contributed by atoms with Crippen molar-refractivity contribution in [2.45, 2.75) is 6.18 Å². The summed E-state index contributed by atoms with van der Waals surface area (Å²) in [6.45, 7) is 0. The Kier molecular flexibility index (Phi) is 3.44. The lowest BCUT2D eigenvalue weighted by Crippen LogP contribution is -2.05. The molecule has 0 aliphatic rings. The smallest absolute Gasteiger partial charge is 0.355 e. The number of halogens is 4. The molecule has 112 valence electrons. The first kappa shape index (κ1) is 14.3. The van der Waals surface area contributed by atoms with E-state index in [2.05, 4.69) is 10.3 Å². The fraction of sp³-hybridized carbons (Fsp3) is 0.0625. The zero-order valence-corrected chi connectivity index (χ0v) is 11.2. The molecule has 2 aromatic carbocycles. The summed E-state index contributed by atoms with van der Waals surface area (Å²) in [7, 11) is 0. The van der Waals surface area contributed by atoms with Crippen LogP contribution >= 0.6 is 0 Å². The average Bonchev–Trinajstić information content (AvgIpc) is 2.48. The van der Waals surface area contributed by atoms with Crippen LogP contribution in [-0.2, 0) is 6.18 Å². The van der Waals surface area contributed by atoms with E-state index >= 15 is 0 Å². The van der Waals surface area contributed by atoms with E-state index in [1.54, 1.807) is 6.07 Å². The number of alkyl halides is 3. The van der Waals surface area contributed by atoms with Gasteiger partial charge in [-0.25, -0.2) is 4.39 Å². The SMILES string of the molecule is Fc1ccc(Nc2ccnc3ccc(C(F)(F)F)cc23)cc1. The van der Waals surface area contributed by atoms with Gasteiger partial charge in [0.25, 0.3) is 0 Å². The molecule has 1 N–H and O–H groups in total. The van der Waals surface area contributed by atoms with Crippen LogP contribution in [0.2, 0.25) is 0 Å². The van der Waals surface area contributed by atoms with E-state index in [1.165, 1.54) is 36.5 Å². The van der Waals surface area contributed by atoms with Crippen LogP contribution in [0.25, 0.3) is 10.9 Å². The van der Waals surface area contributed by atoms with Gasteiger partial charge in [-0.15, -0.1) is 0 Å². The third kappa shape index (κ3) is 2.86. The molecule has 0 spiro atoms. The second kappa shape index (κ2) is 5.29. The van der Waals surface area contributed by atoms with Crippen LogP contribution in [0.1, 0.15) is 5.56 Å². The largest absolute Gasteiger partial charge is 0.416 e. The van der Waals surface area contributed by atoms with E-state index in [4.69, 9.17) is 0 Å². The summed E-state index contributed by atoms with van der Waals surface area (Å²) in [4.78, 5) is 4.05. The van der Waals surface area contributed by atoms with E-state index in [-0.39, 0.29) is 5.82 Å². The third-order valence-electron chi connectivity index (χ3n) is 3.19. The standard InChI is InChI=1S/C16H10F4N2/c17-11-2-4-12(5-3-11)22-15-7-8-21-14-6-1-10(9-13(14)15)16(18,19)20/h1-9H,(H,21,22). The highest BCUT2D eigenvalue weighted by Crippen LogP contribution is 2.33. The molecular formula is C16H10F4N2. The van der Waals surface area contributed by atoms with Crippen molar-refractivity contribution < 1.29 is 17.6 Å². The topological polar surface area (TPSA) is 24.9 Å². The Morgan fingerprint density at radius 3 is 2.32 bits per heavy atom. The van der Waals surface area contributed by atoms with Crippen LogP contribution in [0.5, 0.6) is 0 Å². The van der Waals surface area contributed by atoms with Crippen LogP contribution in [-0.4, -0.2) is 4.98 Å². The van der Waals surface area contributed by atoms with E-state index < -0.39 is 11.7 Å². The van der Waals surface area contributed by atoms with Crippen molar-refractivity contribution in [2.24, 2.45) is 0 Å². The van der Waals surface area contributed by atoms with Gasteiger partial charge in [0.15, 0.2) is 0 Å². The Bertz CT molecular complexity index is 810. The van der Waals surface area contributed by atoms with Crippen molar-refractivity contribution in [2.75, 3.05) is 5.32 Å². The highest BCUT2D eigenvalue weighted by Gasteiger charge is 2.30. The number of pyridine rings is 1. The van der Waals surface area contributed by atoms with Gasteiger partial charge in [-0.3, -0.25) is 4.98 Å². The second-order valence-corrected chi connectivity index (χ2v) is 4.72. The average molecular weight is 306 g/mol. The van der Waals surface area contributed by atoms with Crippen LogP contribution in [0, 0.1) is 5.82 Å². The molecule has 0 saturated heterocycles. The lowest BCUT2D eigenvalue weighted by molar-refractivity contribution is -0.137.